The topological polar surface area (TPSA) is 21.3 Å². The molecule has 2 atom stereocenters. The Kier molecular flexibility index (Phi) is 4.74. The normalized spacial score (nSPS) is 21.5. The third-order valence-corrected chi connectivity index (χ3v) is 2.76. The second kappa shape index (κ2) is 5.61. The third kappa shape index (κ3) is 4.63. The zero-order valence-electron chi connectivity index (χ0n) is 9.18. The maximum Gasteiger partial charge on any atom is 0.0615 e. The molecule has 2 nitrogen and oxygen atoms in total. The lowest BCUT2D eigenvalue weighted by Crippen LogP contribution is -2.39. The van der Waals surface area contributed by atoms with Crippen molar-refractivity contribution in [1.29, 1.82) is 0 Å². The van der Waals surface area contributed by atoms with Crippen LogP contribution in [-0.4, -0.2) is 25.8 Å². The second-order valence-corrected chi connectivity index (χ2v) is 4.31. The zero-order chi connectivity index (χ0) is 9.68. The molecule has 0 amide bonds. The summed E-state index contributed by atoms with van der Waals surface area (Å²) in [5.41, 5.74) is 0. The van der Waals surface area contributed by atoms with Crippen molar-refractivity contribution in [3.63, 3.8) is 0 Å². The molecule has 2 unspecified atom stereocenters. The van der Waals surface area contributed by atoms with Crippen LogP contribution in [0.25, 0.3) is 0 Å². The maximum atomic E-state index is 5.15. The fraction of sp³-hybridized carbons (Fsp3) is 1.00. The summed E-state index contributed by atoms with van der Waals surface area (Å²) in [6.45, 7) is 5.34. The first-order valence-electron chi connectivity index (χ1n) is 5.51. The second-order valence-electron chi connectivity index (χ2n) is 4.31. The fourth-order valence-corrected chi connectivity index (χ4v) is 1.81. The van der Waals surface area contributed by atoms with Gasteiger partial charge in [0, 0.05) is 19.2 Å². The van der Waals surface area contributed by atoms with E-state index in [9.17, 15) is 0 Å². The molecule has 13 heavy (non-hydrogen) atoms. The third-order valence-electron chi connectivity index (χ3n) is 2.76. The Morgan fingerprint density at radius 1 is 1.46 bits per heavy atom. The van der Waals surface area contributed by atoms with E-state index in [1.54, 1.807) is 7.11 Å². The lowest BCUT2D eigenvalue weighted by Gasteiger charge is -2.21. The average Bonchev–Trinajstić information content (AvgIpc) is 2.87. The summed E-state index contributed by atoms with van der Waals surface area (Å²) in [6, 6.07) is 1.20. The van der Waals surface area contributed by atoms with Crippen LogP contribution in [0.4, 0.5) is 0 Å². The lowest BCUT2D eigenvalue weighted by atomic mass is 10.1. The first kappa shape index (κ1) is 11.0. The predicted octanol–water partition coefficient (Wildman–Crippen LogP) is 2.19. The number of hydrogen-bond donors (Lipinski definition) is 1. The summed E-state index contributed by atoms with van der Waals surface area (Å²) in [6.07, 6.45) is 5.41. The molecule has 0 heterocycles. The summed E-state index contributed by atoms with van der Waals surface area (Å²) >= 11 is 0. The van der Waals surface area contributed by atoms with Crippen molar-refractivity contribution >= 4 is 0 Å². The molecule has 2 heteroatoms. The summed E-state index contributed by atoms with van der Waals surface area (Å²) in [4.78, 5) is 0. The van der Waals surface area contributed by atoms with Crippen LogP contribution in [0.2, 0.25) is 0 Å². The predicted molar refractivity (Wildman–Crippen MR) is 55.9 cm³/mol. The van der Waals surface area contributed by atoms with Gasteiger partial charge in [-0.25, -0.2) is 0 Å². The van der Waals surface area contributed by atoms with Crippen molar-refractivity contribution in [2.24, 2.45) is 5.92 Å². The van der Waals surface area contributed by atoms with Crippen LogP contribution >= 0.6 is 0 Å². The molecule has 0 bridgehead atoms. The lowest BCUT2D eigenvalue weighted by molar-refractivity contribution is 0.158. The van der Waals surface area contributed by atoms with Crippen LogP contribution in [0.1, 0.15) is 39.5 Å². The van der Waals surface area contributed by atoms with E-state index in [0.717, 1.165) is 18.9 Å². The maximum absolute atomic E-state index is 5.15. The van der Waals surface area contributed by atoms with Crippen LogP contribution in [0, 0.1) is 5.92 Å². The van der Waals surface area contributed by atoms with Crippen LogP contribution in [0.3, 0.4) is 0 Å². The highest BCUT2D eigenvalue weighted by atomic mass is 16.5. The molecule has 1 aliphatic carbocycles. The Balaban J connectivity index is 2.10. The SMILES string of the molecule is CCC(COC)NC(C)CC1CC1. The zero-order valence-corrected chi connectivity index (χ0v) is 9.18. The number of hydrogen-bond acceptors (Lipinski definition) is 2. The number of nitrogens with one attached hydrogen (secondary N) is 1. The highest BCUT2D eigenvalue weighted by Crippen LogP contribution is 2.33. The van der Waals surface area contributed by atoms with E-state index < -0.39 is 0 Å². The van der Waals surface area contributed by atoms with Gasteiger partial charge in [0.15, 0.2) is 0 Å². The molecule has 0 radical (unpaired) electrons. The molecule has 78 valence electrons. The molecule has 1 aliphatic rings. The summed E-state index contributed by atoms with van der Waals surface area (Å²) in [5, 5.41) is 3.61. The van der Waals surface area contributed by atoms with E-state index in [1.165, 1.54) is 19.3 Å². The van der Waals surface area contributed by atoms with E-state index in [-0.39, 0.29) is 0 Å². The van der Waals surface area contributed by atoms with E-state index in [0.29, 0.717) is 12.1 Å². The Bertz CT molecular complexity index is 134. The smallest absolute Gasteiger partial charge is 0.0615 e. The van der Waals surface area contributed by atoms with Gasteiger partial charge in [0.1, 0.15) is 0 Å². The Hall–Kier alpha value is -0.0800. The van der Waals surface area contributed by atoms with E-state index in [1.807, 2.05) is 0 Å². The molecule has 1 rings (SSSR count). The molecular weight excluding hydrogens is 162 g/mol. The summed E-state index contributed by atoms with van der Waals surface area (Å²) < 4.78 is 5.15. The van der Waals surface area contributed by atoms with Gasteiger partial charge >= 0.3 is 0 Å². The van der Waals surface area contributed by atoms with Crippen molar-refractivity contribution in [2.75, 3.05) is 13.7 Å². The van der Waals surface area contributed by atoms with Gasteiger partial charge in [-0.2, -0.15) is 0 Å². The molecular formula is C11H23NO. The van der Waals surface area contributed by atoms with E-state index in [4.69, 9.17) is 4.74 Å². The Morgan fingerprint density at radius 2 is 2.15 bits per heavy atom. The quantitative estimate of drug-likeness (QED) is 0.656. The summed E-state index contributed by atoms with van der Waals surface area (Å²) in [7, 11) is 1.77. The number of methoxy groups -OCH3 is 1. The highest BCUT2D eigenvalue weighted by molar-refractivity contribution is 4.79. The van der Waals surface area contributed by atoms with E-state index >= 15 is 0 Å². The van der Waals surface area contributed by atoms with E-state index in [2.05, 4.69) is 19.2 Å². The summed E-state index contributed by atoms with van der Waals surface area (Å²) in [5.74, 6) is 1.02. The minimum absolute atomic E-state index is 0.541. The monoisotopic (exact) mass is 185 g/mol. The minimum Gasteiger partial charge on any atom is -0.383 e. The van der Waals surface area contributed by atoms with Gasteiger partial charge in [-0.15, -0.1) is 0 Å². The average molecular weight is 185 g/mol. The van der Waals surface area contributed by atoms with Gasteiger partial charge in [0.05, 0.1) is 6.61 Å². The molecule has 1 fully saturated rings. The first-order chi connectivity index (χ1) is 6.26. The number of ether oxygens (including phenoxy) is 1. The largest absolute Gasteiger partial charge is 0.383 e. The Labute approximate surface area is 82.0 Å². The standard InChI is InChI=1S/C11H23NO/c1-4-11(8-13-3)12-9(2)7-10-5-6-10/h9-12H,4-8H2,1-3H3. The van der Waals surface area contributed by atoms with Gasteiger partial charge in [-0.1, -0.05) is 19.8 Å². The molecule has 1 N–H and O–H groups in total. The van der Waals surface area contributed by atoms with Crippen molar-refractivity contribution < 1.29 is 4.74 Å². The van der Waals surface area contributed by atoms with Crippen LogP contribution in [0.15, 0.2) is 0 Å². The molecule has 0 spiro atoms. The van der Waals surface area contributed by atoms with Crippen LogP contribution in [-0.2, 0) is 4.74 Å². The molecule has 0 aliphatic heterocycles. The minimum atomic E-state index is 0.541. The molecule has 0 aromatic carbocycles. The van der Waals surface area contributed by atoms with Crippen molar-refractivity contribution in [1.82, 2.24) is 5.32 Å². The molecule has 0 aromatic rings. The number of rotatable bonds is 7. The van der Waals surface area contributed by atoms with Gasteiger partial charge in [-0.3, -0.25) is 0 Å². The molecule has 1 saturated carbocycles. The van der Waals surface area contributed by atoms with Gasteiger partial charge < -0.3 is 10.1 Å². The van der Waals surface area contributed by atoms with Crippen LogP contribution in [0.5, 0.6) is 0 Å². The van der Waals surface area contributed by atoms with Crippen molar-refractivity contribution in [2.45, 2.75) is 51.6 Å². The van der Waals surface area contributed by atoms with Crippen molar-refractivity contribution in [3.05, 3.63) is 0 Å². The molecule has 0 aromatic heterocycles. The molecule has 0 saturated heterocycles. The van der Waals surface area contributed by atoms with Gasteiger partial charge in [0.25, 0.3) is 0 Å². The van der Waals surface area contributed by atoms with Gasteiger partial charge in [-0.05, 0) is 25.7 Å². The fourth-order valence-electron chi connectivity index (χ4n) is 1.81. The van der Waals surface area contributed by atoms with Crippen LogP contribution < -0.4 is 5.32 Å². The van der Waals surface area contributed by atoms with Crippen molar-refractivity contribution in [3.8, 4) is 0 Å². The first-order valence-corrected chi connectivity index (χ1v) is 5.51. The Morgan fingerprint density at radius 3 is 2.62 bits per heavy atom. The van der Waals surface area contributed by atoms with Gasteiger partial charge in [0.2, 0.25) is 0 Å². The highest BCUT2D eigenvalue weighted by Gasteiger charge is 2.24.